The third-order valence-electron chi connectivity index (χ3n) is 4.36. The molecule has 0 unspecified atom stereocenters. The van der Waals surface area contributed by atoms with Crippen molar-refractivity contribution in [2.24, 2.45) is 0 Å². The number of halogens is 1. The molecule has 0 spiro atoms. The normalized spacial score (nSPS) is 16.0. The van der Waals surface area contributed by atoms with Crippen molar-refractivity contribution in [3.8, 4) is 0 Å². The molecule has 2 aromatic rings. The van der Waals surface area contributed by atoms with Crippen LogP contribution >= 0.6 is 11.6 Å². The highest BCUT2D eigenvalue weighted by Crippen LogP contribution is 2.34. The van der Waals surface area contributed by atoms with Gasteiger partial charge in [-0.1, -0.05) is 23.7 Å². The minimum atomic E-state index is -0.350. The molecule has 0 fully saturated rings. The Bertz CT molecular complexity index is 733. The highest BCUT2D eigenvalue weighted by atomic mass is 35.5. The van der Waals surface area contributed by atoms with E-state index in [1.54, 1.807) is 12.1 Å². The minimum Gasteiger partial charge on any atom is -0.361 e. The van der Waals surface area contributed by atoms with Crippen molar-refractivity contribution in [3.63, 3.8) is 0 Å². The van der Waals surface area contributed by atoms with E-state index in [9.17, 15) is 10.1 Å². The molecule has 2 aromatic carbocycles. The molecule has 0 aliphatic carbocycles. The van der Waals surface area contributed by atoms with Crippen molar-refractivity contribution >= 4 is 23.0 Å². The van der Waals surface area contributed by atoms with Gasteiger partial charge in [-0.25, -0.2) is 0 Å². The zero-order chi connectivity index (χ0) is 16.6. The number of nitro benzene ring substituents is 1. The van der Waals surface area contributed by atoms with Crippen molar-refractivity contribution in [1.29, 1.82) is 0 Å². The van der Waals surface area contributed by atoms with Gasteiger partial charge in [0, 0.05) is 42.5 Å². The van der Waals surface area contributed by atoms with E-state index in [1.165, 1.54) is 5.56 Å². The summed E-state index contributed by atoms with van der Waals surface area (Å²) in [7, 11) is 1.96. The molecule has 1 heterocycles. The molecule has 6 heteroatoms. The predicted octanol–water partition coefficient (Wildman–Crippen LogP) is 4.22. The smallest absolute Gasteiger partial charge is 0.271 e. The van der Waals surface area contributed by atoms with Gasteiger partial charge in [0.15, 0.2) is 0 Å². The first-order chi connectivity index (χ1) is 11.0. The molecule has 1 atom stereocenters. The monoisotopic (exact) mass is 331 g/mol. The molecule has 0 saturated carbocycles. The Balaban J connectivity index is 1.85. The molecule has 0 bridgehead atoms. The van der Waals surface area contributed by atoms with Gasteiger partial charge in [0.1, 0.15) is 0 Å². The molecule has 1 aliphatic rings. The van der Waals surface area contributed by atoms with Gasteiger partial charge in [-0.15, -0.1) is 0 Å². The van der Waals surface area contributed by atoms with Crippen LogP contribution in [0.25, 0.3) is 0 Å². The van der Waals surface area contributed by atoms with E-state index in [1.807, 2.05) is 37.4 Å². The molecule has 0 radical (unpaired) electrons. The van der Waals surface area contributed by atoms with Crippen molar-refractivity contribution < 1.29 is 4.92 Å². The van der Waals surface area contributed by atoms with Gasteiger partial charge in [0.25, 0.3) is 5.69 Å². The molecule has 120 valence electrons. The molecular weight excluding hydrogens is 314 g/mol. The summed E-state index contributed by atoms with van der Waals surface area (Å²) in [5.41, 5.74) is 3.37. The number of hydrogen-bond acceptors (Lipinski definition) is 4. The molecule has 1 aliphatic heterocycles. The number of nitro groups is 1. The summed E-state index contributed by atoms with van der Waals surface area (Å²) in [6.45, 7) is 3.65. The SMILES string of the molecule is C[C@H](c1ccc(Cl)cc1)N1Cc2ccc([N+](=O)[O-])cc2N(C)C1. The minimum absolute atomic E-state index is 0.134. The Hall–Kier alpha value is -2.11. The predicted molar refractivity (Wildman–Crippen MR) is 91.8 cm³/mol. The number of rotatable bonds is 3. The van der Waals surface area contributed by atoms with E-state index in [4.69, 9.17) is 11.6 Å². The summed E-state index contributed by atoms with van der Waals surface area (Å²) >= 11 is 5.96. The van der Waals surface area contributed by atoms with Crippen LogP contribution in [0.5, 0.6) is 0 Å². The largest absolute Gasteiger partial charge is 0.361 e. The number of anilines is 1. The molecular formula is C17H18ClN3O2. The van der Waals surface area contributed by atoms with Crippen LogP contribution in [-0.2, 0) is 6.54 Å². The summed E-state index contributed by atoms with van der Waals surface area (Å²) in [6, 6.07) is 13.2. The van der Waals surface area contributed by atoms with Gasteiger partial charge in [0.2, 0.25) is 0 Å². The highest BCUT2D eigenvalue weighted by molar-refractivity contribution is 6.30. The second kappa shape index (κ2) is 6.18. The van der Waals surface area contributed by atoms with E-state index in [0.717, 1.165) is 29.5 Å². The van der Waals surface area contributed by atoms with E-state index in [2.05, 4.69) is 16.7 Å². The maximum atomic E-state index is 10.9. The number of hydrogen-bond donors (Lipinski definition) is 0. The second-order valence-electron chi connectivity index (χ2n) is 5.88. The lowest BCUT2D eigenvalue weighted by Crippen LogP contribution is -2.41. The zero-order valence-corrected chi connectivity index (χ0v) is 13.8. The molecule has 5 nitrogen and oxygen atoms in total. The van der Waals surface area contributed by atoms with Crippen LogP contribution in [-0.4, -0.2) is 23.5 Å². The van der Waals surface area contributed by atoms with E-state index < -0.39 is 0 Å². The fraction of sp³-hybridized carbons (Fsp3) is 0.294. The second-order valence-corrected chi connectivity index (χ2v) is 6.32. The first-order valence-electron chi connectivity index (χ1n) is 7.43. The average molecular weight is 332 g/mol. The van der Waals surface area contributed by atoms with Gasteiger partial charge >= 0.3 is 0 Å². The van der Waals surface area contributed by atoms with Gasteiger partial charge < -0.3 is 4.90 Å². The van der Waals surface area contributed by atoms with Crippen LogP contribution in [0.2, 0.25) is 5.02 Å². The fourth-order valence-corrected chi connectivity index (χ4v) is 3.11. The molecule has 0 N–H and O–H groups in total. The number of fused-ring (bicyclic) bond motifs is 1. The quantitative estimate of drug-likeness (QED) is 0.624. The lowest BCUT2D eigenvalue weighted by atomic mass is 10.0. The summed E-state index contributed by atoms with van der Waals surface area (Å²) < 4.78 is 0. The van der Waals surface area contributed by atoms with Crippen molar-refractivity contribution in [2.45, 2.75) is 19.5 Å². The Labute approximate surface area is 140 Å². The standard InChI is InChI=1S/C17H18ClN3O2/c1-12(13-3-6-15(18)7-4-13)20-10-14-5-8-16(21(22)23)9-17(14)19(2)11-20/h3-9,12H,10-11H2,1-2H3/t12-/m1/s1. The maximum Gasteiger partial charge on any atom is 0.271 e. The summed E-state index contributed by atoms with van der Waals surface area (Å²) in [5.74, 6) is 0. The zero-order valence-electron chi connectivity index (χ0n) is 13.1. The number of benzene rings is 2. The third kappa shape index (κ3) is 3.16. The fourth-order valence-electron chi connectivity index (χ4n) is 2.98. The maximum absolute atomic E-state index is 10.9. The van der Waals surface area contributed by atoms with Crippen LogP contribution < -0.4 is 4.90 Å². The molecule has 23 heavy (non-hydrogen) atoms. The molecule has 3 rings (SSSR count). The summed E-state index contributed by atoms with van der Waals surface area (Å²) in [6.07, 6.45) is 0. The van der Waals surface area contributed by atoms with E-state index >= 15 is 0 Å². The Morgan fingerprint density at radius 1 is 1.22 bits per heavy atom. The van der Waals surface area contributed by atoms with Crippen molar-refractivity contribution in [3.05, 3.63) is 68.7 Å². The van der Waals surface area contributed by atoms with Crippen LogP contribution in [0.1, 0.15) is 24.1 Å². The van der Waals surface area contributed by atoms with Crippen LogP contribution in [0.4, 0.5) is 11.4 Å². The van der Waals surface area contributed by atoms with Gasteiger partial charge in [-0.2, -0.15) is 0 Å². The molecule has 0 aromatic heterocycles. The van der Waals surface area contributed by atoms with Crippen LogP contribution in [0, 0.1) is 10.1 Å². The number of non-ortho nitro benzene ring substituents is 1. The van der Waals surface area contributed by atoms with Crippen molar-refractivity contribution in [1.82, 2.24) is 4.90 Å². The Morgan fingerprint density at radius 3 is 2.57 bits per heavy atom. The topological polar surface area (TPSA) is 49.6 Å². The van der Waals surface area contributed by atoms with E-state index in [-0.39, 0.29) is 16.7 Å². The van der Waals surface area contributed by atoms with Gasteiger partial charge in [0.05, 0.1) is 11.6 Å². The summed E-state index contributed by atoms with van der Waals surface area (Å²) in [4.78, 5) is 15.0. The van der Waals surface area contributed by atoms with Crippen LogP contribution in [0.15, 0.2) is 42.5 Å². The first kappa shape index (κ1) is 15.8. The average Bonchev–Trinajstić information content (AvgIpc) is 2.54. The number of nitrogens with zero attached hydrogens (tertiary/aromatic N) is 3. The van der Waals surface area contributed by atoms with Gasteiger partial charge in [-0.3, -0.25) is 15.0 Å². The van der Waals surface area contributed by atoms with E-state index in [0.29, 0.717) is 0 Å². The van der Waals surface area contributed by atoms with Crippen LogP contribution in [0.3, 0.4) is 0 Å². The van der Waals surface area contributed by atoms with Crippen molar-refractivity contribution in [2.75, 3.05) is 18.6 Å². The Kier molecular flexibility index (Phi) is 4.24. The lowest BCUT2D eigenvalue weighted by Gasteiger charge is -2.39. The van der Waals surface area contributed by atoms with Gasteiger partial charge in [-0.05, 0) is 36.2 Å². The molecule has 0 amide bonds. The lowest BCUT2D eigenvalue weighted by molar-refractivity contribution is -0.384. The Morgan fingerprint density at radius 2 is 1.91 bits per heavy atom. The molecule has 0 saturated heterocycles. The third-order valence-corrected chi connectivity index (χ3v) is 4.61. The highest BCUT2D eigenvalue weighted by Gasteiger charge is 2.26. The summed E-state index contributed by atoms with van der Waals surface area (Å²) in [5, 5.41) is 11.7. The first-order valence-corrected chi connectivity index (χ1v) is 7.81.